The number of aromatic nitrogens is 1. The van der Waals surface area contributed by atoms with E-state index >= 15 is 0 Å². The Balaban J connectivity index is 1.68. The molecular weight excluding hydrogens is 278 g/mol. The summed E-state index contributed by atoms with van der Waals surface area (Å²) in [6, 6.07) is 10.3. The Bertz CT molecular complexity index is 662. The van der Waals surface area contributed by atoms with Crippen molar-refractivity contribution in [1.29, 1.82) is 0 Å². The number of carbonyl (C=O) groups excluding carboxylic acids is 2. The number of likely N-dealkylation sites (tertiary alicyclic amines) is 1. The largest absolute Gasteiger partial charge is 0.339 e. The van der Waals surface area contributed by atoms with Crippen LogP contribution in [0.25, 0.3) is 0 Å². The second-order valence-corrected chi connectivity index (χ2v) is 5.27. The van der Waals surface area contributed by atoms with Gasteiger partial charge in [-0.3, -0.25) is 14.6 Å². The van der Waals surface area contributed by atoms with Crippen molar-refractivity contribution in [3.63, 3.8) is 0 Å². The predicted octanol–water partition coefficient (Wildman–Crippen LogP) is 2.57. The van der Waals surface area contributed by atoms with E-state index in [-0.39, 0.29) is 11.8 Å². The van der Waals surface area contributed by atoms with Gasteiger partial charge in [0, 0.05) is 30.4 Å². The molecule has 2 heterocycles. The van der Waals surface area contributed by atoms with Crippen LogP contribution in [0.2, 0.25) is 0 Å². The lowest BCUT2D eigenvalue weighted by molar-refractivity contribution is 0.0792. The van der Waals surface area contributed by atoms with E-state index in [2.05, 4.69) is 10.3 Å². The van der Waals surface area contributed by atoms with Gasteiger partial charge < -0.3 is 10.2 Å². The number of nitrogens with one attached hydrogen (secondary N) is 1. The maximum Gasteiger partial charge on any atom is 0.255 e. The van der Waals surface area contributed by atoms with Gasteiger partial charge >= 0.3 is 0 Å². The number of benzene rings is 1. The second-order valence-electron chi connectivity index (χ2n) is 5.27. The van der Waals surface area contributed by atoms with Crippen LogP contribution in [0.3, 0.4) is 0 Å². The number of hydrogen-bond acceptors (Lipinski definition) is 3. The number of rotatable bonds is 3. The molecule has 2 amide bonds. The molecule has 5 nitrogen and oxygen atoms in total. The fourth-order valence-corrected chi connectivity index (χ4v) is 2.51. The fraction of sp³-hybridized carbons (Fsp3) is 0.235. The summed E-state index contributed by atoms with van der Waals surface area (Å²) in [5, 5.41) is 2.77. The van der Waals surface area contributed by atoms with Gasteiger partial charge in [-0.25, -0.2) is 0 Å². The molecule has 0 unspecified atom stereocenters. The van der Waals surface area contributed by atoms with Gasteiger partial charge in [0.2, 0.25) is 0 Å². The first kappa shape index (κ1) is 14.3. The molecule has 1 fully saturated rings. The van der Waals surface area contributed by atoms with Crippen LogP contribution in [0.1, 0.15) is 33.6 Å². The first-order valence-corrected chi connectivity index (χ1v) is 7.35. The number of pyridine rings is 1. The molecule has 0 bridgehead atoms. The molecule has 0 radical (unpaired) electrons. The third kappa shape index (κ3) is 3.14. The van der Waals surface area contributed by atoms with Crippen molar-refractivity contribution in [2.75, 3.05) is 18.4 Å². The molecule has 3 rings (SSSR count). The molecule has 1 N–H and O–H groups in total. The van der Waals surface area contributed by atoms with E-state index in [0.29, 0.717) is 16.8 Å². The van der Waals surface area contributed by atoms with Crippen LogP contribution >= 0.6 is 0 Å². The summed E-state index contributed by atoms with van der Waals surface area (Å²) in [6.07, 6.45) is 5.37. The zero-order valence-corrected chi connectivity index (χ0v) is 12.2. The molecule has 0 saturated carbocycles. The number of amides is 2. The van der Waals surface area contributed by atoms with E-state index in [0.717, 1.165) is 25.9 Å². The highest BCUT2D eigenvalue weighted by molar-refractivity contribution is 6.05. The standard InChI is InChI=1S/C17H17N3O2/c21-16(19-15-4-3-9-18-12-15)13-5-7-14(8-6-13)17(22)20-10-1-2-11-20/h3-9,12H,1-2,10-11H2,(H,19,21). The van der Waals surface area contributed by atoms with Gasteiger partial charge in [-0.05, 0) is 49.2 Å². The van der Waals surface area contributed by atoms with Crippen LogP contribution in [-0.2, 0) is 0 Å². The van der Waals surface area contributed by atoms with Gasteiger partial charge in [0.15, 0.2) is 0 Å². The Morgan fingerprint density at radius 2 is 1.68 bits per heavy atom. The van der Waals surface area contributed by atoms with Crippen LogP contribution in [0.5, 0.6) is 0 Å². The zero-order chi connectivity index (χ0) is 15.4. The van der Waals surface area contributed by atoms with Gasteiger partial charge in [-0.2, -0.15) is 0 Å². The van der Waals surface area contributed by atoms with Crippen molar-refractivity contribution >= 4 is 17.5 Å². The zero-order valence-electron chi connectivity index (χ0n) is 12.2. The Kier molecular flexibility index (Phi) is 4.14. The SMILES string of the molecule is O=C(Nc1cccnc1)c1ccc(C(=O)N2CCCC2)cc1. The molecule has 0 aliphatic carbocycles. The van der Waals surface area contributed by atoms with Crippen molar-refractivity contribution in [2.24, 2.45) is 0 Å². The van der Waals surface area contributed by atoms with Crippen molar-refractivity contribution in [2.45, 2.75) is 12.8 Å². The average molecular weight is 295 g/mol. The van der Waals surface area contributed by atoms with Crippen LogP contribution in [-0.4, -0.2) is 34.8 Å². The molecule has 2 aromatic rings. The van der Waals surface area contributed by atoms with Gasteiger partial charge in [0.05, 0.1) is 11.9 Å². The molecule has 1 saturated heterocycles. The maximum atomic E-state index is 12.2. The molecular formula is C17H17N3O2. The minimum Gasteiger partial charge on any atom is -0.339 e. The predicted molar refractivity (Wildman–Crippen MR) is 83.8 cm³/mol. The molecule has 1 aliphatic heterocycles. The molecule has 1 aromatic heterocycles. The lowest BCUT2D eigenvalue weighted by Gasteiger charge is -2.15. The third-order valence-corrected chi connectivity index (χ3v) is 3.71. The summed E-state index contributed by atoms with van der Waals surface area (Å²) in [7, 11) is 0. The average Bonchev–Trinajstić information content (AvgIpc) is 3.10. The quantitative estimate of drug-likeness (QED) is 0.946. The molecule has 22 heavy (non-hydrogen) atoms. The minimum absolute atomic E-state index is 0.0386. The van der Waals surface area contributed by atoms with Gasteiger partial charge in [0.25, 0.3) is 11.8 Å². The summed E-state index contributed by atoms with van der Waals surface area (Å²) in [4.78, 5) is 30.2. The van der Waals surface area contributed by atoms with Crippen LogP contribution in [0.4, 0.5) is 5.69 Å². The van der Waals surface area contributed by atoms with Crippen molar-refractivity contribution in [3.8, 4) is 0 Å². The van der Waals surface area contributed by atoms with Crippen molar-refractivity contribution < 1.29 is 9.59 Å². The molecule has 1 aromatic carbocycles. The monoisotopic (exact) mass is 295 g/mol. The molecule has 0 atom stereocenters. The number of nitrogens with zero attached hydrogens (tertiary/aromatic N) is 2. The van der Waals surface area contributed by atoms with Gasteiger partial charge in [0.1, 0.15) is 0 Å². The number of hydrogen-bond donors (Lipinski definition) is 1. The highest BCUT2D eigenvalue weighted by atomic mass is 16.2. The molecule has 112 valence electrons. The molecule has 5 heteroatoms. The maximum absolute atomic E-state index is 12.2. The van der Waals surface area contributed by atoms with E-state index in [9.17, 15) is 9.59 Å². The van der Waals surface area contributed by atoms with Crippen LogP contribution in [0.15, 0.2) is 48.8 Å². The highest BCUT2D eigenvalue weighted by Gasteiger charge is 2.19. The van der Waals surface area contributed by atoms with E-state index in [1.807, 2.05) is 4.90 Å². The van der Waals surface area contributed by atoms with Crippen LogP contribution in [0, 0.1) is 0 Å². The Morgan fingerprint density at radius 1 is 1.00 bits per heavy atom. The summed E-state index contributed by atoms with van der Waals surface area (Å²) < 4.78 is 0. The summed E-state index contributed by atoms with van der Waals surface area (Å²) in [5.74, 6) is -0.176. The first-order valence-electron chi connectivity index (χ1n) is 7.35. The highest BCUT2D eigenvalue weighted by Crippen LogP contribution is 2.14. The minimum atomic E-state index is -0.215. The van der Waals surface area contributed by atoms with Crippen molar-refractivity contribution in [1.82, 2.24) is 9.88 Å². The van der Waals surface area contributed by atoms with E-state index in [1.165, 1.54) is 0 Å². The smallest absolute Gasteiger partial charge is 0.255 e. The van der Waals surface area contributed by atoms with Gasteiger partial charge in [-0.15, -0.1) is 0 Å². The fourth-order valence-electron chi connectivity index (χ4n) is 2.51. The van der Waals surface area contributed by atoms with Gasteiger partial charge in [-0.1, -0.05) is 0 Å². The lowest BCUT2D eigenvalue weighted by atomic mass is 10.1. The van der Waals surface area contributed by atoms with E-state index < -0.39 is 0 Å². The topological polar surface area (TPSA) is 62.3 Å². The number of carbonyl (C=O) groups is 2. The third-order valence-electron chi connectivity index (χ3n) is 3.71. The lowest BCUT2D eigenvalue weighted by Crippen LogP contribution is -2.27. The molecule has 1 aliphatic rings. The normalized spacial score (nSPS) is 13.9. The summed E-state index contributed by atoms with van der Waals surface area (Å²) in [6.45, 7) is 1.64. The Hall–Kier alpha value is -2.69. The Morgan fingerprint density at radius 3 is 2.32 bits per heavy atom. The summed E-state index contributed by atoms with van der Waals surface area (Å²) >= 11 is 0. The number of anilines is 1. The van der Waals surface area contributed by atoms with Crippen LogP contribution < -0.4 is 5.32 Å². The van der Waals surface area contributed by atoms with E-state index in [1.54, 1.807) is 48.8 Å². The first-order chi connectivity index (χ1) is 10.7. The second kappa shape index (κ2) is 6.39. The Labute approximate surface area is 129 Å². The molecule has 0 spiro atoms. The summed E-state index contributed by atoms with van der Waals surface area (Å²) in [5.41, 5.74) is 1.78. The van der Waals surface area contributed by atoms with E-state index in [4.69, 9.17) is 0 Å². The van der Waals surface area contributed by atoms with Crippen molar-refractivity contribution in [3.05, 3.63) is 59.9 Å².